The van der Waals surface area contributed by atoms with Crippen LogP contribution in [-0.2, 0) is 13.0 Å². The molecule has 128 valence electrons. The second-order valence-electron chi connectivity index (χ2n) is 6.13. The van der Waals surface area contributed by atoms with Crippen molar-refractivity contribution in [3.8, 4) is 5.75 Å². The van der Waals surface area contributed by atoms with Crippen LogP contribution in [0.3, 0.4) is 0 Å². The summed E-state index contributed by atoms with van der Waals surface area (Å²) in [4.78, 5) is 6.55. The van der Waals surface area contributed by atoms with E-state index in [1.54, 1.807) is 19.4 Å². The van der Waals surface area contributed by atoms with Gasteiger partial charge < -0.3 is 9.84 Å². The van der Waals surface area contributed by atoms with Gasteiger partial charge in [-0.15, -0.1) is 0 Å². The normalized spacial score (nSPS) is 21.2. The lowest BCUT2D eigenvalue weighted by atomic mass is 10.00. The van der Waals surface area contributed by atoms with E-state index in [0.29, 0.717) is 28.9 Å². The molecular formula is C18H20Cl2N2O2. The predicted molar refractivity (Wildman–Crippen MR) is 95.7 cm³/mol. The summed E-state index contributed by atoms with van der Waals surface area (Å²) in [7, 11) is 1.60. The lowest BCUT2D eigenvalue weighted by Crippen LogP contribution is -2.21. The van der Waals surface area contributed by atoms with Crippen LogP contribution in [0.4, 0.5) is 0 Å². The summed E-state index contributed by atoms with van der Waals surface area (Å²) < 4.78 is 5.40. The lowest BCUT2D eigenvalue weighted by Gasteiger charge is -2.18. The fourth-order valence-electron chi connectivity index (χ4n) is 3.26. The molecule has 1 aliphatic rings. The Morgan fingerprint density at radius 2 is 2.12 bits per heavy atom. The van der Waals surface area contributed by atoms with Gasteiger partial charge in [-0.3, -0.25) is 9.88 Å². The Morgan fingerprint density at radius 3 is 2.83 bits per heavy atom. The smallest absolute Gasteiger partial charge is 0.142 e. The van der Waals surface area contributed by atoms with Gasteiger partial charge in [-0.1, -0.05) is 29.3 Å². The van der Waals surface area contributed by atoms with Crippen molar-refractivity contribution in [3.63, 3.8) is 0 Å². The van der Waals surface area contributed by atoms with Crippen molar-refractivity contribution in [1.29, 1.82) is 0 Å². The van der Waals surface area contributed by atoms with E-state index < -0.39 is 0 Å². The second kappa shape index (κ2) is 7.70. The van der Waals surface area contributed by atoms with Crippen LogP contribution in [0.25, 0.3) is 0 Å². The van der Waals surface area contributed by atoms with Crippen molar-refractivity contribution < 1.29 is 9.84 Å². The van der Waals surface area contributed by atoms with Crippen molar-refractivity contribution in [2.75, 3.05) is 20.2 Å². The van der Waals surface area contributed by atoms with E-state index in [0.717, 1.165) is 24.2 Å². The van der Waals surface area contributed by atoms with Gasteiger partial charge in [0, 0.05) is 48.0 Å². The van der Waals surface area contributed by atoms with Crippen LogP contribution >= 0.6 is 23.2 Å². The number of pyridine rings is 1. The Balaban J connectivity index is 1.69. The topological polar surface area (TPSA) is 45.6 Å². The summed E-state index contributed by atoms with van der Waals surface area (Å²) >= 11 is 12.3. The number of hydrogen-bond acceptors (Lipinski definition) is 4. The van der Waals surface area contributed by atoms with Gasteiger partial charge in [-0.2, -0.15) is 0 Å². The first-order chi connectivity index (χ1) is 11.6. The van der Waals surface area contributed by atoms with Gasteiger partial charge >= 0.3 is 0 Å². The number of hydrogen-bond donors (Lipinski definition) is 1. The van der Waals surface area contributed by atoms with Crippen molar-refractivity contribution in [2.45, 2.75) is 19.1 Å². The van der Waals surface area contributed by atoms with E-state index in [1.807, 2.05) is 24.3 Å². The minimum Gasteiger partial charge on any atom is -0.495 e. The molecule has 0 unspecified atom stereocenters. The van der Waals surface area contributed by atoms with E-state index in [1.165, 1.54) is 0 Å². The molecule has 0 saturated carbocycles. The van der Waals surface area contributed by atoms with Gasteiger partial charge in [-0.25, -0.2) is 0 Å². The maximum Gasteiger partial charge on any atom is 0.142 e. The minimum atomic E-state index is -0.368. The number of ether oxygens (including phenoxy) is 1. The van der Waals surface area contributed by atoms with Crippen LogP contribution in [0.5, 0.6) is 5.75 Å². The molecular weight excluding hydrogens is 347 g/mol. The summed E-state index contributed by atoms with van der Waals surface area (Å²) in [5, 5.41) is 11.5. The van der Waals surface area contributed by atoms with Crippen LogP contribution in [0, 0.1) is 5.92 Å². The molecule has 0 spiro atoms. The maximum absolute atomic E-state index is 10.4. The number of nitrogens with zero attached hydrogens (tertiary/aromatic N) is 2. The quantitative estimate of drug-likeness (QED) is 0.880. The zero-order valence-electron chi connectivity index (χ0n) is 13.5. The first-order valence-electron chi connectivity index (χ1n) is 7.89. The number of likely N-dealkylation sites (tertiary alicyclic amines) is 1. The number of aliphatic hydroxyl groups excluding tert-OH is 1. The highest BCUT2D eigenvalue weighted by molar-refractivity contribution is 6.35. The van der Waals surface area contributed by atoms with Crippen molar-refractivity contribution in [2.24, 2.45) is 5.92 Å². The summed E-state index contributed by atoms with van der Waals surface area (Å²) in [6, 6.07) is 9.41. The van der Waals surface area contributed by atoms with E-state index in [-0.39, 0.29) is 12.0 Å². The van der Waals surface area contributed by atoms with Crippen LogP contribution in [0.1, 0.15) is 11.3 Å². The molecule has 24 heavy (non-hydrogen) atoms. The molecule has 1 aromatic carbocycles. The SMILES string of the molecule is COc1c(Cl)cc(Cl)cc1CN1C[C@@H](Cc2ccccn2)[C@H](O)C1. The fourth-order valence-corrected chi connectivity index (χ4v) is 3.87. The highest BCUT2D eigenvalue weighted by Gasteiger charge is 2.32. The fraction of sp³-hybridized carbons (Fsp3) is 0.389. The minimum absolute atomic E-state index is 0.167. The van der Waals surface area contributed by atoms with Gasteiger partial charge in [0.1, 0.15) is 5.75 Å². The van der Waals surface area contributed by atoms with Crippen molar-refractivity contribution >= 4 is 23.2 Å². The molecule has 1 fully saturated rings. The third-order valence-corrected chi connectivity index (χ3v) is 4.86. The summed E-state index contributed by atoms with van der Waals surface area (Å²) in [6.07, 6.45) is 2.19. The van der Waals surface area contributed by atoms with Crippen molar-refractivity contribution in [3.05, 3.63) is 57.8 Å². The van der Waals surface area contributed by atoms with Gasteiger partial charge in [0.2, 0.25) is 0 Å². The standard InChI is InChI=1S/C18H20Cl2N2O2/c1-24-18-13(6-14(19)8-16(18)20)10-22-9-12(17(23)11-22)7-15-4-2-3-5-21-15/h2-6,8,12,17,23H,7,9-11H2,1H3/t12-,17-/m1/s1. The number of methoxy groups -OCH3 is 1. The van der Waals surface area contributed by atoms with Gasteiger partial charge in [0.15, 0.2) is 0 Å². The van der Waals surface area contributed by atoms with Crippen LogP contribution in [0.15, 0.2) is 36.5 Å². The first-order valence-corrected chi connectivity index (χ1v) is 8.64. The monoisotopic (exact) mass is 366 g/mol. The Morgan fingerprint density at radius 1 is 1.29 bits per heavy atom. The molecule has 3 rings (SSSR count). The molecule has 0 amide bonds. The molecule has 2 aromatic rings. The molecule has 4 nitrogen and oxygen atoms in total. The van der Waals surface area contributed by atoms with Gasteiger partial charge in [0.05, 0.1) is 18.2 Å². The molecule has 0 radical (unpaired) electrons. The molecule has 1 aromatic heterocycles. The van der Waals surface area contributed by atoms with Crippen LogP contribution < -0.4 is 4.74 Å². The summed E-state index contributed by atoms with van der Waals surface area (Å²) in [5.74, 6) is 0.810. The number of benzene rings is 1. The van der Waals surface area contributed by atoms with Gasteiger partial charge in [0.25, 0.3) is 0 Å². The molecule has 1 N–H and O–H groups in total. The molecule has 1 saturated heterocycles. The highest BCUT2D eigenvalue weighted by Crippen LogP contribution is 2.34. The predicted octanol–water partition coefficient (Wildman–Crippen LogP) is 3.43. The van der Waals surface area contributed by atoms with Crippen molar-refractivity contribution in [1.82, 2.24) is 9.88 Å². The molecule has 0 aliphatic carbocycles. The van der Waals surface area contributed by atoms with E-state index in [4.69, 9.17) is 27.9 Å². The Kier molecular flexibility index (Phi) is 5.61. The summed E-state index contributed by atoms with van der Waals surface area (Å²) in [5.41, 5.74) is 1.94. The third-order valence-electron chi connectivity index (χ3n) is 4.36. The molecule has 0 bridgehead atoms. The van der Waals surface area contributed by atoms with E-state index in [9.17, 15) is 5.11 Å². The average molecular weight is 367 g/mol. The maximum atomic E-state index is 10.4. The van der Waals surface area contributed by atoms with E-state index in [2.05, 4.69) is 9.88 Å². The second-order valence-corrected chi connectivity index (χ2v) is 6.97. The Hall–Kier alpha value is -1.33. The molecule has 2 heterocycles. The van der Waals surface area contributed by atoms with E-state index >= 15 is 0 Å². The zero-order chi connectivity index (χ0) is 17.1. The summed E-state index contributed by atoms with van der Waals surface area (Å²) in [6.45, 7) is 2.05. The first kappa shape index (κ1) is 17.5. The number of rotatable bonds is 5. The number of halogens is 2. The largest absolute Gasteiger partial charge is 0.495 e. The number of aromatic nitrogens is 1. The molecule has 1 aliphatic heterocycles. The average Bonchev–Trinajstić information content (AvgIpc) is 2.87. The van der Waals surface area contributed by atoms with Crippen LogP contribution in [-0.4, -0.2) is 41.3 Å². The number of β-amino-alcohol motifs (C(OH)–C–C–N with tert-alkyl or cyclic N) is 1. The van der Waals surface area contributed by atoms with Gasteiger partial charge in [-0.05, 0) is 30.7 Å². The molecule has 6 heteroatoms. The Bertz CT molecular complexity index is 697. The molecule has 2 atom stereocenters. The number of aliphatic hydroxyl groups is 1. The zero-order valence-corrected chi connectivity index (χ0v) is 15.0. The Labute approximate surface area is 152 Å². The lowest BCUT2D eigenvalue weighted by molar-refractivity contribution is 0.140. The van der Waals surface area contributed by atoms with Crippen LogP contribution in [0.2, 0.25) is 10.0 Å². The third kappa shape index (κ3) is 4.01. The highest BCUT2D eigenvalue weighted by atomic mass is 35.5.